The highest BCUT2D eigenvalue weighted by molar-refractivity contribution is 5.70. The number of nitrogens with zero attached hydrogens (tertiary/aromatic N) is 1. The van der Waals surface area contributed by atoms with Crippen molar-refractivity contribution in [1.82, 2.24) is 0 Å². The maximum Gasteiger partial charge on any atom is 0.306 e. The van der Waals surface area contributed by atoms with Gasteiger partial charge in [0.25, 0.3) is 0 Å². The van der Waals surface area contributed by atoms with E-state index >= 15 is 0 Å². The molecule has 2 atom stereocenters. The van der Waals surface area contributed by atoms with E-state index in [0.717, 1.165) is 96.3 Å². The van der Waals surface area contributed by atoms with Crippen LogP contribution in [0.3, 0.4) is 0 Å². The van der Waals surface area contributed by atoms with Crippen molar-refractivity contribution in [1.29, 1.82) is 0 Å². The Morgan fingerprint density at radius 1 is 0.400 bits per heavy atom. The number of quaternary nitrogens is 1. The predicted octanol–water partition coefficient (Wildman–Crippen LogP) is 16.3. The average Bonchev–Trinajstić information content (AvgIpc) is 3.38. The van der Waals surface area contributed by atoms with Gasteiger partial charge in [-0.25, -0.2) is 0 Å². The van der Waals surface area contributed by atoms with E-state index in [-0.39, 0.29) is 38.6 Å². The van der Waals surface area contributed by atoms with Gasteiger partial charge in [0.05, 0.1) is 40.3 Å². The molecule has 0 aliphatic carbocycles. The van der Waals surface area contributed by atoms with Crippen molar-refractivity contribution in [3.8, 4) is 0 Å². The summed E-state index contributed by atoms with van der Waals surface area (Å²) in [7, 11) is 5.90. The molecule has 0 aromatic rings. The maximum absolute atomic E-state index is 12.8. The standard InChI is InChI=1S/C66H109NO8/c1-6-8-10-12-14-16-18-20-22-24-26-28-29-30-31-32-33-34-35-37-38-40-42-44-46-48-50-52-54-56-63(68)73-60-62(61-74-66(65(70)71)72-59-58-67(3,4)5)75-64(69)57-55-53-51-49-47-45-43-41-39-36-27-25-23-21-19-17-15-13-11-9-7-2/h8-11,14-17,20-23,26-28,36,41,43,47,49,62,66H,6-7,12-13,18-19,24-25,29-35,37-40,42,44-46,48,50-61H2,1-5H3/b10-8-,11-9-,16-14-,17-15-,22-20-,23-21-,28-26-,36-27-,43-41-,49-47-. The normalized spacial score (nSPS) is 13.7. The number of ether oxygens (including phenoxy) is 4. The van der Waals surface area contributed by atoms with E-state index in [9.17, 15) is 19.5 Å². The Kier molecular flexibility index (Phi) is 52.7. The van der Waals surface area contributed by atoms with Crippen molar-refractivity contribution in [2.24, 2.45) is 0 Å². The predicted molar refractivity (Wildman–Crippen MR) is 315 cm³/mol. The minimum Gasteiger partial charge on any atom is -0.545 e. The number of allylic oxidation sites excluding steroid dienone is 20. The first-order valence-corrected chi connectivity index (χ1v) is 29.7. The van der Waals surface area contributed by atoms with Gasteiger partial charge in [-0.05, 0) is 103 Å². The summed E-state index contributed by atoms with van der Waals surface area (Å²) in [6.07, 6.45) is 75.4. The number of rotatable bonds is 53. The third kappa shape index (κ3) is 57.2. The summed E-state index contributed by atoms with van der Waals surface area (Å²) in [4.78, 5) is 37.3. The minimum absolute atomic E-state index is 0.133. The Labute approximate surface area is 459 Å². The van der Waals surface area contributed by atoms with Crippen LogP contribution in [-0.4, -0.2) is 82.3 Å². The molecule has 0 heterocycles. The summed E-state index contributed by atoms with van der Waals surface area (Å²) in [5.41, 5.74) is 0. The molecule has 9 heteroatoms. The van der Waals surface area contributed by atoms with Gasteiger partial charge in [0.15, 0.2) is 12.4 Å². The number of carbonyl (C=O) groups is 3. The average molecular weight is 1040 g/mol. The van der Waals surface area contributed by atoms with E-state index in [1.54, 1.807) is 0 Å². The van der Waals surface area contributed by atoms with E-state index in [0.29, 0.717) is 17.4 Å². The molecule has 75 heavy (non-hydrogen) atoms. The maximum atomic E-state index is 12.8. The molecule has 0 amide bonds. The second-order valence-electron chi connectivity index (χ2n) is 20.5. The van der Waals surface area contributed by atoms with Crippen molar-refractivity contribution in [3.05, 3.63) is 122 Å². The van der Waals surface area contributed by atoms with Gasteiger partial charge in [0.2, 0.25) is 0 Å². The number of carboxylic acids is 1. The van der Waals surface area contributed by atoms with Crippen molar-refractivity contribution in [3.63, 3.8) is 0 Å². The fourth-order valence-electron chi connectivity index (χ4n) is 7.71. The third-order valence-corrected chi connectivity index (χ3v) is 12.2. The largest absolute Gasteiger partial charge is 0.545 e. The summed E-state index contributed by atoms with van der Waals surface area (Å²) in [6, 6.07) is 0. The smallest absolute Gasteiger partial charge is 0.306 e. The SMILES string of the molecule is CC/C=C\C/C=C\C/C=C\C/C=C\C/C=C\C/C=C\CCCCC(=O)OC(COC(=O)CCCCCCCCCCCCCCCCCC/C=C\C/C=C\C/C=C\C/C=C\CC)COC(OCC[N+](C)(C)C)C(=O)[O-]. The second kappa shape index (κ2) is 55.9. The number of likely N-dealkylation sites (N-methyl/N-ethyl adjacent to an activating group) is 1. The molecule has 0 aliphatic rings. The van der Waals surface area contributed by atoms with Crippen molar-refractivity contribution in [2.75, 3.05) is 47.5 Å². The highest BCUT2D eigenvalue weighted by atomic mass is 16.7. The van der Waals surface area contributed by atoms with Crippen LogP contribution in [0.2, 0.25) is 0 Å². The van der Waals surface area contributed by atoms with Crippen LogP contribution in [0.25, 0.3) is 0 Å². The van der Waals surface area contributed by atoms with E-state index in [4.69, 9.17) is 18.9 Å². The number of esters is 2. The van der Waals surface area contributed by atoms with Crippen molar-refractivity contribution in [2.45, 2.75) is 232 Å². The lowest BCUT2D eigenvalue weighted by atomic mass is 10.0. The number of hydrogen-bond acceptors (Lipinski definition) is 8. The highest BCUT2D eigenvalue weighted by Crippen LogP contribution is 2.15. The molecule has 9 nitrogen and oxygen atoms in total. The van der Waals surface area contributed by atoms with E-state index < -0.39 is 24.3 Å². The summed E-state index contributed by atoms with van der Waals surface area (Å²) in [5.74, 6) is -2.35. The van der Waals surface area contributed by atoms with Gasteiger partial charge < -0.3 is 33.3 Å². The molecule has 0 spiro atoms. The number of aliphatic carboxylic acids is 1. The van der Waals surface area contributed by atoms with Crippen LogP contribution in [0.1, 0.15) is 219 Å². The molecular weight excluding hydrogens is 935 g/mol. The molecule has 0 radical (unpaired) electrons. The second-order valence-corrected chi connectivity index (χ2v) is 20.5. The third-order valence-electron chi connectivity index (χ3n) is 12.2. The molecule has 0 N–H and O–H groups in total. The Hall–Kier alpha value is -4.31. The summed E-state index contributed by atoms with van der Waals surface area (Å²) in [6.45, 7) is 4.46. The van der Waals surface area contributed by atoms with Crippen LogP contribution in [0, 0.1) is 0 Å². The zero-order valence-corrected chi connectivity index (χ0v) is 48.4. The number of carbonyl (C=O) groups excluding carboxylic acids is 3. The first-order valence-electron chi connectivity index (χ1n) is 29.7. The van der Waals surface area contributed by atoms with Gasteiger partial charge in [0, 0.05) is 12.8 Å². The lowest BCUT2D eigenvalue weighted by Crippen LogP contribution is -2.44. The molecular formula is C66H109NO8. The Morgan fingerprint density at radius 2 is 0.720 bits per heavy atom. The lowest BCUT2D eigenvalue weighted by Gasteiger charge is -2.26. The molecule has 0 saturated carbocycles. The molecule has 0 saturated heterocycles. The van der Waals surface area contributed by atoms with Gasteiger partial charge in [0.1, 0.15) is 13.2 Å². The molecule has 426 valence electrons. The summed E-state index contributed by atoms with van der Waals surface area (Å²) >= 11 is 0. The zero-order chi connectivity index (χ0) is 54.8. The number of hydrogen-bond donors (Lipinski definition) is 0. The molecule has 0 aromatic carbocycles. The van der Waals surface area contributed by atoms with Gasteiger partial charge >= 0.3 is 11.9 Å². The topological polar surface area (TPSA) is 111 Å². The molecule has 0 rings (SSSR count). The van der Waals surface area contributed by atoms with Gasteiger partial charge in [-0.2, -0.15) is 0 Å². The molecule has 0 aliphatic heterocycles. The van der Waals surface area contributed by atoms with Crippen molar-refractivity contribution < 1.29 is 42.9 Å². The Balaban J connectivity index is 4.27. The molecule has 2 unspecified atom stereocenters. The van der Waals surface area contributed by atoms with Crippen LogP contribution in [0.15, 0.2) is 122 Å². The highest BCUT2D eigenvalue weighted by Gasteiger charge is 2.22. The van der Waals surface area contributed by atoms with Crippen LogP contribution in [-0.2, 0) is 33.3 Å². The number of carboxylic acid groups (broad SMARTS) is 1. The molecule has 0 bridgehead atoms. The summed E-state index contributed by atoms with van der Waals surface area (Å²) in [5, 5.41) is 11.8. The quantitative estimate of drug-likeness (QED) is 0.0195. The first kappa shape index (κ1) is 70.7. The Morgan fingerprint density at radius 3 is 1.09 bits per heavy atom. The summed E-state index contributed by atoms with van der Waals surface area (Å²) < 4.78 is 22.6. The molecule has 0 aromatic heterocycles. The van der Waals surface area contributed by atoms with Gasteiger partial charge in [-0.1, -0.05) is 225 Å². The fraction of sp³-hybridized carbons (Fsp3) is 0.652. The fourth-order valence-corrected chi connectivity index (χ4v) is 7.71. The van der Waals surface area contributed by atoms with E-state index in [1.807, 2.05) is 21.1 Å². The number of unbranched alkanes of at least 4 members (excludes halogenated alkanes) is 18. The van der Waals surface area contributed by atoms with E-state index in [2.05, 4.69) is 135 Å². The Bertz CT molecular complexity index is 1640. The monoisotopic (exact) mass is 1040 g/mol. The van der Waals surface area contributed by atoms with Gasteiger partial charge in [-0.15, -0.1) is 0 Å². The van der Waals surface area contributed by atoms with Crippen LogP contribution in [0.5, 0.6) is 0 Å². The minimum atomic E-state index is -1.64. The first-order chi connectivity index (χ1) is 36.6. The van der Waals surface area contributed by atoms with Gasteiger partial charge in [-0.3, -0.25) is 9.59 Å². The molecule has 0 fully saturated rings. The van der Waals surface area contributed by atoms with Crippen LogP contribution >= 0.6 is 0 Å². The lowest BCUT2D eigenvalue weighted by molar-refractivity contribution is -0.870. The van der Waals surface area contributed by atoms with E-state index in [1.165, 1.54) is 89.9 Å². The van der Waals surface area contributed by atoms with Crippen LogP contribution in [0.4, 0.5) is 0 Å². The van der Waals surface area contributed by atoms with Crippen molar-refractivity contribution >= 4 is 17.9 Å². The van der Waals surface area contributed by atoms with Crippen LogP contribution < -0.4 is 5.11 Å². The zero-order valence-electron chi connectivity index (χ0n) is 48.4.